The highest BCUT2D eigenvalue weighted by Gasteiger charge is 2.16. The third-order valence-corrected chi connectivity index (χ3v) is 2.90. The molecule has 0 radical (unpaired) electrons. The molecule has 0 bridgehead atoms. The second kappa shape index (κ2) is 7.86. The van der Waals surface area contributed by atoms with E-state index in [2.05, 4.69) is 0 Å². The summed E-state index contributed by atoms with van der Waals surface area (Å²) in [6.07, 6.45) is 0.712. The minimum absolute atomic E-state index is 0.190. The lowest BCUT2D eigenvalue weighted by Gasteiger charge is -2.22. The SMILES string of the molecule is COCCN(CCCN)C(=O)c1ccc(C)c(F)c1. The summed E-state index contributed by atoms with van der Waals surface area (Å²) >= 11 is 0. The van der Waals surface area contributed by atoms with Gasteiger partial charge in [-0.05, 0) is 37.6 Å². The van der Waals surface area contributed by atoms with Crippen molar-refractivity contribution >= 4 is 5.91 Å². The molecule has 0 aromatic heterocycles. The minimum Gasteiger partial charge on any atom is -0.383 e. The topological polar surface area (TPSA) is 55.6 Å². The fourth-order valence-electron chi connectivity index (χ4n) is 1.71. The van der Waals surface area contributed by atoms with Crippen LogP contribution in [0.1, 0.15) is 22.3 Å². The Balaban J connectivity index is 2.81. The first-order valence-corrected chi connectivity index (χ1v) is 6.34. The standard InChI is InChI=1S/C14H21FN2O2/c1-11-4-5-12(10-13(11)15)14(18)17(7-3-6-16)8-9-19-2/h4-5,10H,3,6-9,16H2,1-2H3. The molecule has 0 atom stereocenters. The van der Waals surface area contributed by atoms with Crippen LogP contribution in [0.15, 0.2) is 18.2 Å². The molecule has 0 saturated carbocycles. The zero-order chi connectivity index (χ0) is 14.3. The maximum absolute atomic E-state index is 13.5. The molecule has 1 aromatic rings. The highest BCUT2D eigenvalue weighted by Crippen LogP contribution is 2.12. The average molecular weight is 268 g/mol. The van der Waals surface area contributed by atoms with Gasteiger partial charge in [-0.2, -0.15) is 0 Å². The van der Waals surface area contributed by atoms with E-state index in [9.17, 15) is 9.18 Å². The Hall–Kier alpha value is -1.46. The zero-order valence-electron chi connectivity index (χ0n) is 11.5. The van der Waals surface area contributed by atoms with Gasteiger partial charge in [0.25, 0.3) is 5.91 Å². The van der Waals surface area contributed by atoms with Gasteiger partial charge in [0.1, 0.15) is 5.82 Å². The molecular formula is C14H21FN2O2. The van der Waals surface area contributed by atoms with Crippen molar-refractivity contribution < 1.29 is 13.9 Å². The van der Waals surface area contributed by atoms with Crippen LogP contribution < -0.4 is 5.73 Å². The van der Waals surface area contributed by atoms with Crippen molar-refractivity contribution in [2.45, 2.75) is 13.3 Å². The third-order valence-electron chi connectivity index (χ3n) is 2.90. The van der Waals surface area contributed by atoms with Crippen molar-refractivity contribution in [2.24, 2.45) is 5.73 Å². The van der Waals surface area contributed by atoms with Gasteiger partial charge in [-0.1, -0.05) is 6.07 Å². The number of hydrogen-bond acceptors (Lipinski definition) is 3. The van der Waals surface area contributed by atoms with Crippen LogP contribution >= 0.6 is 0 Å². The van der Waals surface area contributed by atoms with E-state index >= 15 is 0 Å². The van der Waals surface area contributed by atoms with Crippen molar-refractivity contribution in [2.75, 3.05) is 33.4 Å². The summed E-state index contributed by atoms with van der Waals surface area (Å²) in [5, 5.41) is 0. The van der Waals surface area contributed by atoms with Crippen molar-refractivity contribution in [1.29, 1.82) is 0 Å². The normalized spacial score (nSPS) is 10.5. The molecule has 5 heteroatoms. The molecule has 2 N–H and O–H groups in total. The number of nitrogens with zero attached hydrogens (tertiary/aromatic N) is 1. The monoisotopic (exact) mass is 268 g/mol. The molecular weight excluding hydrogens is 247 g/mol. The largest absolute Gasteiger partial charge is 0.383 e. The van der Waals surface area contributed by atoms with Gasteiger partial charge in [0.05, 0.1) is 6.61 Å². The predicted molar refractivity (Wildman–Crippen MR) is 72.6 cm³/mol. The van der Waals surface area contributed by atoms with Gasteiger partial charge < -0.3 is 15.4 Å². The summed E-state index contributed by atoms with van der Waals surface area (Å²) in [5.74, 6) is -0.555. The summed E-state index contributed by atoms with van der Waals surface area (Å²) in [5.41, 5.74) is 6.35. The van der Waals surface area contributed by atoms with Crippen LogP contribution in [0.3, 0.4) is 0 Å². The highest BCUT2D eigenvalue weighted by atomic mass is 19.1. The molecule has 0 aliphatic heterocycles. The summed E-state index contributed by atoms with van der Waals surface area (Å²) in [6.45, 7) is 3.66. The minimum atomic E-state index is -0.364. The molecule has 0 saturated heterocycles. The van der Waals surface area contributed by atoms with Gasteiger partial charge >= 0.3 is 0 Å². The lowest BCUT2D eigenvalue weighted by Crippen LogP contribution is -2.35. The van der Waals surface area contributed by atoms with Crippen LogP contribution in [-0.4, -0.2) is 44.2 Å². The number of carbonyl (C=O) groups is 1. The van der Waals surface area contributed by atoms with Gasteiger partial charge in [-0.25, -0.2) is 4.39 Å². The lowest BCUT2D eigenvalue weighted by atomic mass is 10.1. The van der Waals surface area contributed by atoms with Gasteiger partial charge in [-0.15, -0.1) is 0 Å². The van der Waals surface area contributed by atoms with Gasteiger partial charge in [0.15, 0.2) is 0 Å². The molecule has 4 nitrogen and oxygen atoms in total. The third kappa shape index (κ3) is 4.61. The first kappa shape index (κ1) is 15.6. The Bertz CT molecular complexity index is 416. The van der Waals surface area contributed by atoms with Crippen LogP contribution in [0, 0.1) is 12.7 Å². The van der Waals surface area contributed by atoms with E-state index in [1.54, 1.807) is 31.1 Å². The summed E-state index contributed by atoms with van der Waals surface area (Å²) in [4.78, 5) is 13.9. The number of halogens is 1. The van der Waals surface area contributed by atoms with Crippen molar-refractivity contribution in [3.8, 4) is 0 Å². The zero-order valence-corrected chi connectivity index (χ0v) is 11.5. The second-order valence-corrected chi connectivity index (χ2v) is 4.39. The summed E-state index contributed by atoms with van der Waals surface area (Å²) in [7, 11) is 1.58. The van der Waals surface area contributed by atoms with E-state index in [1.165, 1.54) is 6.07 Å². The van der Waals surface area contributed by atoms with E-state index in [1.807, 2.05) is 0 Å². The molecule has 1 rings (SSSR count). The fourth-order valence-corrected chi connectivity index (χ4v) is 1.71. The Morgan fingerprint density at radius 3 is 2.74 bits per heavy atom. The van der Waals surface area contributed by atoms with E-state index in [4.69, 9.17) is 10.5 Å². The molecule has 19 heavy (non-hydrogen) atoms. The van der Waals surface area contributed by atoms with E-state index in [-0.39, 0.29) is 11.7 Å². The summed E-state index contributed by atoms with van der Waals surface area (Å²) in [6, 6.07) is 4.53. The molecule has 0 fully saturated rings. The van der Waals surface area contributed by atoms with Gasteiger partial charge in [0.2, 0.25) is 0 Å². The van der Waals surface area contributed by atoms with Crippen LogP contribution in [0.4, 0.5) is 4.39 Å². The van der Waals surface area contributed by atoms with Gasteiger partial charge in [0, 0.05) is 25.8 Å². The number of hydrogen-bond donors (Lipinski definition) is 1. The molecule has 0 aliphatic rings. The van der Waals surface area contributed by atoms with E-state index in [0.29, 0.717) is 43.8 Å². The first-order valence-electron chi connectivity index (χ1n) is 6.34. The van der Waals surface area contributed by atoms with Crippen molar-refractivity contribution in [1.82, 2.24) is 4.90 Å². The van der Waals surface area contributed by atoms with Crippen LogP contribution in [0.2, 0.25) is 0 Å². The number of nitrogens with two attached hydrogens (primary N) is 1. The smallest absolute Gasteiger partial charge is 0.254 e. The maximum atomic E-state index is 13.5. The van der Waals surface area contributed by atoms with E-state index < -0.39 is 0 Å². The Labute approximate surface area is 113 Å². The number of benzene rings is 1. The maximum Gasteiger partial charge on any atom is 0.254 e. The van der Waals surface area contributed by atoms with Crippen LogP contribution in [0.25, 0.3) is 0 Å². The number of methoxy groups -OCH3 is 1. The first-order chi connectivity index (χ1) is 9.10. The molecule has 106 valence electrons. The number of carbonyl (C=O) groups excluding carboxylic acids is 1. The van der Waals surface area contributed by atoms with E-state index in [0.717, 1.165) is 0 Å². The predicted octanol–water partition coefficient (Wildman–Crippen LogP) is 1.57. The number of rotatable bonds is 7. The molecule has 0 heterocycles. The Morgan fingerprint density at radius 1 is 1.42 bits per heavy atom. The Morgan fingerprint density at radius 2 is 2.16 bits per heavy atom. The number of aryl methyl sites for hydroxylation is 1. The quantitative estimate of drug-likeness (QED) is 0.816. The average Bonchev–Trinajstić information content (AvgIpc) is 2.41. The lowest BCUT2D eigenvalue weighted by molar-refractivity contribution is 0.0694. The van der Waals surface area contributed by atoms with Crippen molar-refractivity contribution in [3.05, 3.63) is 35.1 Å². The molecule has 1 amide bonds. The van der Waals surface area contributed by atoms with Gasteiger partial charge in [-0.3, -0.25) is 4.79 Å². The molecule has 0 spiro atoms. The Kier molecular flexibility index (Phi) is 6.45. The molecule has 1 aromatic carbocycles. The number of ether oxygens (including phenoxy) is 1. The van der Waals surface area contributed by atoms with Crippen molar-refractivity contribution in [3.63, 3.8) is 0 Å². The molecule has 0 unspecified atom stereocenters. The summed E-state index contributed by atoms with van der Waals surface area (Å²) < 4.78 is 18.5. The highest BCUT2D eigenvalue weighted by molar-refractivity contribution is 5.94. The van der Waals surface area contributed by atoms with Crippen LogP contribution in [0.5, 0.6) is 0 Å². The molecule has 0 aliphatic carbocycles. The fraction of sp³-hybridized carbons (Fsp3) is 0.500. The second-order valence-electron chi connectivity index (χ2n) is 4.39. The number of amides is 1. The van der Waals surface area contributed by atoms with Crippen LogP contribution in [-0.2, 0) is 4.74 Å².